The Morgan fingerprint density at radius 1 is 1.24 bits per heavy atom. The Bertz CT molecular complexity index is 588. The fraction of sp³-hybridized carbons (Fsp3) is 0.556. The molecule has 0 atom stereocenters. The van der Waals surface area contributed by atoms with E-state index in [0.29, 0.717) is 35.7 Å². The van der Waals surface area contributed by atoms with Gasteiger partial charge in [-0.15, -0.1) is 24.0 Å². The third-order valence-corrected chi connectivity index (χ3v) is 3.84. The van der Waals surface area contributed by atoms with E-state index in [4.69, 9.17) is 5.26 Å². The van der Waals surface area contributed by atoms with Gasteiger partial charge >= 0.3 is 0 Å². The van der Waals surface area contributed by atoms with E-state index in [-0.39, 0.29) is 29.8 Å². The van der Waals surface area contributed by atoms with Gasteiger partial charge in [-0.3, -0.25) is 9.89 Å². The van der Waals surface area contributed by atoms with Crippen LogP contribution in [-0.4, -0.2) is 43.1 Å². The Morgan fingerprint density at radius 3 is 2.36 bits per heavy atom. The zero-order valence-electron chi connectivity index (χ0n) is 15.6. The lowest BCUT2D eigenvalue weighted by atomic mass is 10.1. The number of guanidine groups is 1. The fourth-order valence-electron chi connectivity index (χ4n) is 2.58. The molecule has 0 spiro atoms. The largest absolute Gasteiger partial charge is 0.355 e. The second-order valence-corrected chi connectivity index (χ2v) is 6.20. The van der Waals surface area contributed by atoms with Crippen molar-refractivity contribution in [1.82, 2.24) is 15.5 Å². The Hall–Kier alpha value is -1.40. The molecule has 0 radical (unpaired) electrons. The van der Waals surface area contributed by atoms with Gasteiger partial charge in [0.1, 0.15) is 5.82 Å². The van der Waals surface area contributed by atoms with Crippen LogP contribution in [0.1, 0.15) is 38.8 Å². The van der Waals surface area contributed by atoms with E-state index in [2.05, 4.69) is 48.2 Å². The summed E-state index contributed by atoms with van der Waals surface area (Å²) in [6.07, 6.45) is 0. The number of benzene rings is 1. The monoisotopic (exact) mass is 461 g/mol. The van der Waals surface area contributed by atoms with E-state index < -0.39 is 0 Å². The molecule has 0 saturated heterocycles. The maximum Gasteiger partial charge on any atom is 0.191 e. The molecule has 0 amide bonds. The van der Waals surface area contributed by atoms with Gasteiger partial charge in [0.05, 0.1) is 11.6 Å². The topological polar surface area (TPSA) is 63.5 Å². The Labute approximate surface area is 167 Å². The first-order valence-corrected chi connectivity index (χ1v) is 8.27. The SMILES string of the molecule is CN=C(NCCN(C(C)C)C(C)C)NCc1ccc(C#N)cc1F.I. The molecule has 7 heteroatoms. The van der Waals surface area contributed by atoms with Crippen LogP contribution in [-0.2, 0) is 6.54 Å². The predicted molar refractivity (Wildman–Crippen MR) is 112 cm³/mol. The van der Waals surface area contributed by atoms with Crippen LogP contribution in [0.2, 0.25) is 0 Å². The number of hydrogen-bond acceptors (Lipinski definition) is 3. The van der Waals surface area contributed by atoms with Gasteiger partial charge in [-0.1, -0.05) is 6.07 Å². The summed E-state index contributed by atoms with van der Waals surface area (Å²) in [7, 11) is 1.69. The van der Waals surface area contributed by atoms with Crippen LogP contribution in [0.5, 0.6) is 0 Å². The van der Waals surface area contributed by atoms with Crippen molar-refractivity contribution in [3.8, 4) is 6.07 Å². The number of hydrogen-bond donors (Lipinski definition) is 2. The molecule has 0 bridgehead atoms. The summed E-state index contributed by atoms with van der Waals surface area (Å²) in [4.78, 5) is 6.54. The summed E-state index contributed by atoms with van der Waals surface area (Å²) in [6.45, 7) is 10.7. The number of nitrogens with one attached hydrogen (secondary N) is 2. The van der Waals surface area contributed by atoms with Crippen LogP contribution in [0.25, 0.3) is 0 Å². The van der Waals surface area contributed by atoms with E-state index in [0.717, 1.165) is 13.1 Å². The first-order valence-electron chi connectivity index (χ1n) is 8.27. The van der Waals surface area contributed by atoms with Crippen LogP contribution < -0.4 is 10.6 Å². The van der Waals surface area contributed by atoms with Gasteiger partial charge in [0.2, 0.25) is 0 Å². The van der Waals surface area contributed by atoms with Crippen molar-refractivity contribution in [3.63, 3.8) is 0 Å². The average Bonchev–Trinajstić information content (AvgIpc) is 2.54. The molecule has 0 heterocycles. The van der Waals surface area contributed by atoms with Crippen molar-refractivity contribution in [2.45, 2.75) is 46.3 Å². The van der Waals surface area contributed by atoms with Crippen molar-refractivity contribution in [2.75, 3.05) is 20.1 Å². The van der Waals surface area contributed by atoms with E-state index >= 15 is 0 Å². The lowest BCUT2D eigenvalue weighted by Crippen LogP contribution is -2.45. The molecule has 0 saturated carbocycles. The van der Waals surface area contributed by atoms with Gasteiger partial charge in [0.25, 0.3) is 0 Å². The molecule has 0 aliphatic carbocycles. The minimum atomic E-state index is -0.386. The number of nitriles is 1. The molecule has 0 unspecified atom stereocenters. The Morgan fingerprint density at radius 2 is 1.88 bits per heavy atom. The molecule has 1 rings (SSSR count). The van der Waals surface area contributed by atoms with Crippen LogP contribution in [0.4, 0.5) is 4.39 Å². The van der Waals surface area contributed by atoms with Crippen molar-refractivity contribution in [1.29, 1.82) is 5.26 Å². The number of aliphatic imine (C=N–C) groups is 1. The second kappa shape index (κ2) is 12.0. The molecule has 0 aliphatic heterocycles. The number of rotatable bonds is 7. The summed E-state index contributed by atoms with van der Waals surface area (Å²) in [5, 5.41) is 15.1. The standard InChI is InChI=1S/C18H28FN5.HI/c1-13(2)24(14(3)4)9-8-22-18(21-5)23-12-16-7-6-15(11-20)10-17(16)19;/h6-7,10,13-14H,8-9,12H2,1-5H3,(H2,21,22,23);1H. The summed E-state index contributed by atoms with van der Waals surface area (Å²) in [6, 6.07) is 7.36. The molecular formula is C18H29FIN5. The highest BCUT2D eigenvalue weighted by Gasteiger charge is 2.12. The Balaban J connectivity index is 0.00000576. The maximum absolute atomic E-state index is 13.9. The van der Waals surface area contributed by atoms with Crippen LogP contribution in [0, 0.1) is 17.1 Å². The molecule has 5 nitrogen and oxygen atoms in total. The number of halogens is 2. The zero-order chi connectivity index (χ0) is 18.1. The minimum Gasteiger partial charge on any atom is -0.355 e. The van der Waals surface area contributed by atoms with Gasteiger partial charge in [-0.2, -0.15) is 5.26 Å². The summed E-state index contributed by atoms with van der Waals surface area (Å²) in [5.74, 6) is 0.244. The van der Waals surface area contributed by atoms with Crippen LogP contribution >= 0.6 is 24.0 Å². The van der Waals surface area contributed by atoms with Gasteiger partial charge < -0.3 is 10.6 Å². The predicted octanol–water partition coefficient (Wildman–Crippen LogP) is 3.10. The first kappa shape index (κ1) is 23.6. The lowest BCUT2D eigenvalue weighted by Gasteiger charge is -2.30. The van der Waals surface area contributed by atoms with Gasteiger partial charge in [-0.25, -0.2) is 4.39 Å². The molecule has 0 fully saturated rings. The smallest absolute Gasteiger partial charge is 0.191 e. The van der Waals surface area contributed by atoms with Crippen molar-refractivity contribution in [3.05, 3.63) is 35.1 Å². The maximum atomic E-state index is 13.9. The average molecular weight is 461 g/mol. The van der Waals surface area contributed by atoms with Gasteiger partial charge in [0.15, 0.2) is 5.96 Å². The molecule has 2 N–H and O–H groups in total. The third-order valence-electron chi connectivity index (χ3n) is 3.84. The Kier molecular flexibility index (Phi) is 11.4. The van der Waals surface area contributed by atoms with E-state index in [1.807, 2.05) is 6.07 Å². The highest BCUT2D eigenvalue weighted by Crippen LogP contribution is 2.09. The highest BCUT2D eigenvalue weighted by molar-refractivity contribution is 14.0. The summed E-state index contributed by atoms with van der Waals surface area (Å²) in [5.41, 5.74) is 0.823. The van der Waals surface area contributed by atoms with E-state index in [1.165, 1.54) is 6.07 Å². The van der Waals surface area contributed by atoms with Crippen molar-refractivity contribution >= 4 is 29.9 Å². The van der Waals surface area contributed by atoms with Gasteiger partial charge in [0, 0.05) is 44.3 Å². The number of nitrogens with zero attached hydrogens (tertiary/aromatic N) is 3. The molecule has 1 aromatic rings. The minimum absolute atomic E-state index is 0. The fourth-order valence-corrected chi connectivity index (χ4v) is 2.58. The quantitative estimate of drug-likeness (QED) is 0.372. The van der Waals surface area contributed by atoms with Crippen molar-refractivity contribution < 1.29 is 4.39 Å². The highest BCUT2D eigenvalue weighted by atomic mass is 127. The molecule has 1 aromatic carbocycles. The molecule has 25 heavy (non-hydrogen) atoms. The first-order chi connectivity index (χ1) is 11.4. The molecule has 140 valence electrons. The molecule has 0 aromatic heterocycles. The summed E-state index contributed by atoms with van der Waals surface area (Å²) < 4.78 is 13.9. The van der Waals surface area contributed by atoms with Gasteiger partial charge in [-0.05, 0) is 39.8 Å². The molecule has 0 aliphatic rings. The summed E-state index contributed by atoms with van der Waals surface area (Å²) >= 11 is 0. The van der Waals surface area contributed by atoms with E-state index in [1.54, 1.807) is 19.2 Å². The van der Waals surface area contributed by atoms with Crippen LogP contribution in [0.15, 0.2) is 23.2 Å². The molecular weight excluding hydrogens is 432 g/mol. The zero-order valence-corrected chi connectivity index (χ0v) is 18.0. The third kappa shape index (κ3) is 8.01. The lowest BCUT2D eigenvalue weighted by molar-refractivity contribution is 0.178. The second-order valence-electron chi connectivity index (χ2n) is 6.20. The van der Waals surface area contributed by atoms with Crippen LogP contribution in [0.3, 0.4) is 0 Å². The normalized spacial score (nSPS) is 11.4. The van der Waals surface area contributed by atoms with Crippen molar-refractivity contribution in [2.24, 2.45) is 4.99 Å². The van der Waals surface area contributed by atoms with E-state index in [9.17, 15) is 4.39 Å².